The van der Waals surface area contributed by atoms with Gasteiger partial charge in [-0.2, -0.15) is 0 Å². The number of likely N-dealkylation sites (N-methyl/N-ethyl adjacent to an activating group) is 1. The van der Waals surface area contributed by atoms with Crippen LogP contribution in [0.2, 0.25) is 0 Å². The second kappa shape index (κ2) is 42.0. The number of ether oxygens (including phenoxy) is 3. The lowest BCUT2D eigenvalue weighted by atomic mass is 10.1. The number of esters is 2. The summed E-state index contributed by atoms with van der Waals surface area (Å²) in [6.45, 7) is 4.45. The molecule has 0 amide bonds. The van der Waals surface area contributed by atoms with Crippen LogP contribution in [0, 0.1) is 0 Å². The molecule has 0 radical (unpaired) electrons. The Morgan fingerprint density at radius 1 is 0.500 bits per heavy atom. The summed E-state index contributed by atoms with van der Waals surface area (Å²) in [6, 6.07) is -0.628. The maximum absolute atomic E-state index is 12.8. The molecule has 0 rings (SSSR count). The maximum atomic E-state index is 12.8. The van der Waals surface area contributed by atoms with E-state index in [1.165, 1.54) is 19.3 Å². The van der Waals surface area contributed by atoms with Crippen molar-refractivity contribution in [1.29, 1.82) is 0 Å². The lowest BCUT2D eigenvalue weighted by Crippen LogP contribution is -2.50. The predicted molar refractivity (Wildman–Crippen MR) is 252 cm³/mol. The SMILES string of the molecule is CC/C=C/C/C=C/C/C=C/C/C=C/CCCCCCCCCC(=O)OC(COCCC(C(=O)O)[N+](C)(C)C)COC(=O)CCCCC/C=C/C/C=C/C/C=C/C/C=C/CC. The van der Waals surface area contributed by atoms with Gasteiger partial charge < -0.3 is 23.8 Å². The first kappa shape index (κ1) is 56.2. The summed E-state index contributed by atoms with van der Waals surface area (Å²) in [4.78, 5) is 37.1. The number of hydrogen-bond donors (Lipinski definition) is 1. The predicted octanol–water partition coefficient (Wildman–Crippen LogP) is 13.1. The molecule has 0 saturated heterocycles. The number of carbonyl (C=O) groups excluding carboxylic acids is 2. The van der Waals surface area contributed by atoms with Gasteiger partial charge in [0.2, 0.25) is 0 Å². The zero-order valence-corrected chi connectivity index (χ0v) is 38.6. The Hall–Kier alpha value is -3.75. The molecule has 2 atom stereocenters. The van der Waals surface area contributed by atoms with E-state index in [-0.39, 0.29) is 36.2 Å². The highest BCUT2D eigenvalue weighted by molar-refractivity contribution is 5.72. The molecule has 1 N–H and O–H groups in total. The Bertz CT molecular complexity index is 1300. The highest BCUT2D eigenvalue weighted by Gasteiger charge is 2.31. The molecule has 0 fully saturated rings. The molecule has 0 aromatic carbocycles. The first-order valence-electron chi connectivity index (χ1n) is 23.3. The number of carboxylic acids is 1. The van der Waals surface area contributed by atoms with Gasteiger partial charge in [-0.15, -0.1) is 0 Å². The Labute approximate surface area is 366 Å². The third kappa shape index (κ3) is 39.7. The summed E-state index contributed by atoms with van der Waals surface area (Å²) in [5.74, 6) is -1.53. The van der Waals surface area contributed by atoms with Crippen molar-refractivity contribution >= 4 is 17.9 Å². The van der Waals surface area contributed by atoms with Crippen molar-refractivity contribution < 1.29 is 38.2 Å². The average molecular weight is 837 g/mol. The van der Waals surface area contributed by atoms with Crippen LogP contribution in [-0.2, 0) is 28.6 Å². The van der Waals surface area contributed by atoms with Crippen molar-refractivity contribution in [2.45, 2.75) is 174 Å². The van der Waals surface area contributed by atoms with E-state index in [0.29, 0.717) is 19.3 Å². The quantitative estimate of drug-likeness (QED) is 0.0284. The monoisotopic (exact) mass is 837 g/mol. The van der Waals surface area contributed by atoms with E-state index < -0.39 is 18.1 Å². The highest BCUT2D eigenvalue weighted by atomic mass is 16.6. The van der Waals surface area contributed by atoms with E-state index in [4.69, 9.17) is 14.2 Å². The van der Waals surface area contributed by atoms with Gasteiger partial charge in [-0.3, -0.25) is 9.59 Å². The fraction of sp³-hybridized carbons (Fsp3) is 0.635. The van der Waals surface area contributed by atoms with Gasteiger partial charge in [-0.25, -0.2) is 4.79 Å². The van der Waals surface area contributed by atoms with Gasteiger partial charge in [0, 0.05) is 19.3 Å². The fourth-order valence-electron chi connectivity index (χ4n) is 6.19. The van der Waals surface area contributed by atoms with Gasteiger partial charge in [0.15, 0.2) is 12.1 Å². The molecular formula is C52H86NO7+. The summed E-state index contributed by atoms with van der Waals surface area (Å²) < 4.78 is 17.3. The molecular weight excluding hydrogens is 751 g/mol. The summed E-state index contributed by atoms with van der Waals surface area (Å²) in [6.07, 6.45) is 55.9. The van der Waals surface area contributed by atoms with Crippen LogP contribution in [0.1, 0.15) is 162 Å². The summed E-state index contributed by atoms with van der Waals surface area (Å²) >= 11 is 0. The van der Waals surface area contributed by atoms with E-state index in [9.17, 15) is 19.5 Å². The van der Waals surface area contributed by atoms with Gasteiger partial charge in [-0.1, -0.05) is 150 Å². The van der Waals surface area contributed by atoms with E-state index in [2.05, 4.69) is 111 Å². The van der Waals surface area contributed by atoms with Crippen molar-refractivity contribution in [1.82, 2.24) is 0 Å². The van der Waals surface area contributed by atoms with Gasteiger partial charge in [-0.05, 0) is 89.9 Å². The number of hydrogen-bond acceptors (Lipinski definition) is 6. The lowest BCUT2D eigenvalue weighted by Gasteiger charge is -2.31. The minimum atomic E-state index is -0.886. The molecule has 8 heteroatoms. The number of unbranched alkanes of at least 4 members (excludes halogenated alkanes) is 10. The molecule has 0 spiro atoms. The van der Waals surface area contributed by atoms with Crippen molar-refractivity contribution in [2.24, 2.45) is 0 Å². The van der Waals surface area contributed by atoms with Crippen LogP contribution < -0.4 is 0 Å². The number of quaternary nitrogens is 1. The molecule has 0 aliphatic carbocycles. The number of carboxylic acid groups (broad SMARTS) is 1. The molecule has 0 aromatic heterocycles. The van der Waals surface area contributed by atoms with Crippen LogP contribution >= 0.6 is 0 Å². The van der Waals surface area contributed by atoms with E-state index in [1.807, 2.05) is 21.1 Å². The largest absolute Gasteiger partial charge is 0.477 e. The number of aliphatic carboxylic acids is 1. The van der Waals surface area contributed by atoms with Crippen molar-refractivity contribution in [2.75, 3.05) is 41.0 Å². The summed E-state index contributed by atoms with van der Waals surface area (Å²) in [7, 11) is 5.50. The van der Waals surface area contributed by atoms with Crippen LogP contribution in [0.15, 0.2) is 97.2 Å². The molecule has 0 aromatic rings. The number of allylic oxidation sites excluding steroid dienone is 16. The molecule has 60 heavy (non-hydrogen) atoms. The number of nitrogens with zero attached hydrogens (tertiary/aromatic N) is 1. The van der Waals surface area contributed by atoms with E-state index in [1.54, 1.807) is 0 Å². The molecule has 0 bridgehead atoms. The minimum Gasteiger partial charge on any atom is -0.477 e. The summed E-state index contributed by atoms with van der Waals surface area (Å²) in [5.41, 5.74) is 0. The van der Waals surface area contributed by atoms with Crippen LogP contribution in [0.25, 0.3) is 0 Å². The second-order valence-electron chi connectivity index (χ2n) is 16.2. The van der Waals surface area contributed by atoms with Crippen molar-refractivity contribution in [3.63, 3.8) is 0 Å². The zero-order valence-electron chi connectivity index (χ0n) is 38.6. The lowest BCUT2D eigenvalue weighted by molar-refractivity contribution is -0.887. The van der Waals surface area contributed by atoms with Crippen molar-refractivity contribution in [3.05, 3.63) is 97.2 Å². The third-order valence-electron chi connectivity index (χ3n) is 9.73. The number of rotatable bonds is 40. The Morgan fingerprint density at radius 2 is 0.883 bits per heavy atom. The van der Waals surface area contributed by atoms with Gasteiger partial charge >= 0.3 is 17.9 Å². The van der Waals surface area contributed by atoms with Crippen LogP contribution in [0.4, 0.5) is 0 Å². The molecule has 0 heterocycles. The fourth-order valence-corrected chi connectivity index (χ4v) is 6.19. The third-order valence-corrected chi connectivity index (χ3v) is 9.73. The molecule has 0 saturated carbocycles. The normalized spacial score (nSPS) is 13.8. The Kier molecular flexibility index (Phi) is 39.3. The molecule has 0 aliphatic heterocycles. The van der Waals surface area contributed by atoms with Crippen LogP contribution in [0.5, 0.6) is 0 Å². The van der Waals surface area contributed by atoms with Crippen molar-refractivity contribution in [3.8, 4) is 0 Å². The van der Waals surface area contributed by atoms with Crippen LogP contribution in [0.3, 0.4) is 0 Å². The minimum absolute atomic E-state index is 0.0400. The van der Waals surface area contributed by atoms with Gasteiger partial charge in [0.05, 0.1) is 34.4 Å². The topological polar surface area (TPSA) is 99.1 Å². The Balaban J connectivity index is 4.40. The van der Waals surface area contributed by atoms with Crippen LogP contribution in [-0.4, -0.2) is 80.6 Å². The second-order valence-corrected chi connectivity index (χ2v) is 16.2. The average Bonchev–Trinajstić information content (AvgIpc) is 3.21. The first-order valence-corrected chi connectivity index (χ1v) is 23.3. The number of carbonyl (C=O) groups is 3. The highest BCUT2D eigenvalue weighted by Crippen LogP contribution is 2.13. The van der Waals surface area contributed by atoms with Gasteiger partial charge in [0.1, 0.15) is 6.61 Å². The maximum Gasteiger partial charge on any atom is 0.362 e. The first-order chi connectivity index (χ1) is 29.1. The molecule has 2 unspecified atom stereocenters. The molecule has 340 valence electrons. The molecule has 8 nitrogen and oxygen atoms in total. The van der Waals surface area contributed by atoms with Gasteiger partial charge in [0.25, 0.3) is 0 Å². The summed E-state index contributed by atoms with van der Waals surface area (Å²) in [5, 5.41) is 9.63. The molecule has 0 aliphatic rings. The van der Waals surface area contributed by atoms with E-state index >= 15 is 0 Å². The smallest absolute Gasteiger partial charge is 0.362 e. The standard InChI is InChI=1S/C52H85NO7/c1-6-8-10-12-14-16-18-20-22-24-25-26-27-29-31-33-35-37-39-41-43-51(55)60-48(46-58-45-44-49(52(56)57)53(3,4)5)47-59-50(54)42-40-38-36-34-32-30-28-23-21-19-17-15-13-11-9-7-2/h8-11,14-17,20-23,25-26,30,32,48-49H,6-7,12-13,18-19,24,27-29,31,33-47H2,1-5H3/p+1/b10-8+,11-9+,16-14+,17-15+,22-20+,23-21+,26-25+,32-30+. The van der Waals surface area contributed by atoms with E-state index in [0.717, 1.165) is 109 Å². The Morgan fingerprint density at radius 3 is 1.32 bits per heavy atom. The zero-order chi connectivity index (χ0) is 44.2.